The number of sulfonamides is 1. The first kappa shape index (κ1) is 24.0. The number of amides is 1. The highest BCUT2D eigenvalue weighted by molar-refractivity contribution is 7.89. The molecule has 0 saturated carbocycles. The monoisotopic (exact) mass is 449 g/mol. The molecule has 0 unspecified atom stereocenters. The molecule has 166 valence electrons. The van der Waals surface area contributed by atoms with Crippen molar-refractivity contribution >= 4 is 33.3 Å². The summed E-state index contributed by atoms with van der Waals surface area (Å²) >= 11 is 0. The maximum Gasteiger partial charge on any atom is 0.345 e. The number of nitro groups is 1. The summed E-state index contributed by atoms with van der Waals surface area (Å²) in [4.78, 5) is 34.7. The number of carbonyl (C=O) groups is 2. The lowest BCUT2D eigenvalue weighted by Gasteiger charge is -2.19. The van der Waals surface area contributed by atoms with E-state index in [4.69, 9.17) is 4.74 Å². The molecular formula is C20H23N3O7S. The fourth-order valence-electron chi connectivity index (χ4n) is 2.81. The number of anilines is 1. The SMILES string of the molecule is CCN(CC)S(=O)(=O)c1ccc(C)c(NC(=O)COC(=O)c2ccccc2[N+](=O)[O-])c1. The van der Waals surface area contributed by atoms with Crippen LogP contribution < -0.4 is 5.32 Å². The molecule has 0 aliphatic carbocycles. The van der Waals surface area contributed by atoms with E-state index in [0.29, 0.717) is 18.7 Å². The van der Waals surface area contributed by atoms with Gasteiger partial charge in [-0.25, -0.2) is 13.2 Å². The average Bonchev–Trinajstić information content (AvgIpc) is 2.74. The summed E-state index contributed by atoms with van der Waals surface area (Å²) in [5.41, 5.74) is 0.152. The van der Waals surface area contributed by atoms with E-state index in [1.807, 2.05) is 0 Å². The van der Waals surface area contributed by atoms with Gasteiger partial charge in [0.1, 0.15) is 5.56 Å². The van der Waals surface area contributed by atoms with E-state index in [1.54, 1.807) is 26.8 Å². The van der Waals surface area contributed by atoms with E-state index in [2.05, 4.69) is 5.32 Å². The number of para-hydroxylation sites is 1. The summed E-state index contributed by atoms with van der Waals surface area (Å²) in [6.45, 7) is 5.04. The van der Waals surface area contributed by atoms with Gasteiger partial charge in [0.25, 0.3) is 11.6 Å². The van der Waals surface area contributed by atoms with E-state index < -0.39 is 39.1 Å². The van der Waals surface area contributed by atoms with Gasteiger partial charge in [-0.3, -0.25) is 14.9 Å². The molecule has 0 heterocycles. The van der Waals surface area contributed by atoms with Crippen molar-refractivity contribution in [2.45, 2.75) is 25.7 Å². The Morgan fingerprint density at radius 3 is 2.39 bits per heavy atom. The molecule has 2 aromatic carbocycles. The largest absolute Gasteiger partial charge is 0.452 e. The fraction of sp³-hybridized carbons (Fsp3) is 0.300. The van der Waals surface area contributed by atoms with Crippen molar-refractivity contribution in [1.29, 1.82) is 0 Å². The van der Waals surface area contributed by atoms with E-state index in [9.17, 15) is 28.1 Å². The van der Waals surface area contributed by atoms with Gasteiger partial charge in [-0.15, -0.1) is 0 Å². The van der Waals surface area contributed by atoms with Gasteiger partial charge in [0.15, 0.2) is 6.61 Å². The zero-order valence-electron chi connectivity index (χ0n) is 17.3. The standard InChI is InChI=1S/C20H23N3O7S/c1-4-22(5-2)31(28,29)15-11-10-14(3)17(12-15)21-19(24)13-30-20(25)16-8-6-7-9-18(16)23(26)27/h6-12H,4-5,13H2,1-3H3,(H,21,24). The molecule has 0 aliphatic rings. The van der Waals surface area contributed by atoms with Crippen LogP contribution in [-0.2, 0) is 19.6 Å². The van der Waals surface area contributed by atoms with Crippen LogP contribution in [0.3, 0.4) is 0 Å². The van der Waals surface area contributed by atoms with Gasteiger partial charge in [0.2, 0.25) is 10.0 Å². The predicted octanol–water partition coefficient (Wildman–Crippen LogP) is 2.73. The first-order valence-corrected chi connectivity index (χ1v) is 10.9. The van der Waals surface area contributed by atoms with Crippen LogP contribution in [0.15, 0.2) is 47.4 Å². The Kier molecular flexibility index (Phi) is 7.83. The second-order valence-electron chi connectivity index (χ2n) is 6.46. The molecular weight excluding hydrogens is 426 g/mol. The van der Waals surface area contributed by atoms with Gasteiger partial charge < -0.3 is 10.1 Å². The molecule has 1 N–H and O–H groups in total. The maximum atomic E-state index is 12.7. The Bertz CT molecular complexity index is 1100. The van der Waals surface area contributed by atoms with Gasteiger partial charge in [-0.1, -0.05) is 32.0 Å². The summed E-state index contributed by atoms with van der Waals surface area (Å²) < 4.78 is 31.6. The minimum Gasteiger partial charge on any atom is -0.452 e. The number of hydrogen-bond donors (Lipinski definition) is 1. The van der Waals surface area contributed by atoms with Crippen LogP contribution in [0.1, 0.15) is 29.8 Å². The number of nitrogens with one attached hydrogen (secondary N) is 1. The summed E-state index contributed by atoms with van der Waals surface area (Å²) in [5.74, 6) is -1.73. The Balaban J connectivity index is 2.13. The van der Waals surface area contributed by atoms with Crippen molar-refractivity contribution in [3.8, 4) is 0 Å². The first-order valence-electron chi connectivity index (χ1n) is 9.43. The summed E-state index contributed by atoms with van der Waals surface area (Å²) in [7, 11) is -3.72. The highest BCUT2D eigenvalue weighted by Crippen LogP contribution is 2.23. The number of ether oxygens (including phenoxy) is 1. The fourth-order valence-corrected chi connectivity index (χ4v) is 4.29. The number of nitrogens with zero attached hydrogens (tertiary/aromatic N) is 2. The highest BCUT2D eigenvalue weighted by Gasteiger charge is 2.23. The van der Waals surface area contributed by atoms with Crippen molar-refractivity contribution in [2.24, 2.45) is 0 Å². The van der Waals surface area contributed by atoms with Gasteiger partial charge >= 0.3 is 5.97 Å². The van der Waals surface area contributed by atoms with Gasteiger partial charge in [-0.05, 0) is 30.7 Å². The van der Waals surface area contributed by atoms with Crippen LogP contribution in [0.25, 0.3) is 0 Å². The molecule has 11 heteroatoms. The average molecular weight is 449 g/mol. The van der Waals surface area contributed by atoms with E-state index in [-0.39, 0.29) is 16.1 Å². The summed E-state index contributed by atoms with van der Waals surface area (Å²) in [6.07, 6.45) is 0. The van der Waals surface area contributed by atoms with Crippen LogP contribution in [0.2, 0.25) is 0 Å². The highest BCUT2D eigenvalue weighted by atomic mass is 32.2. The number of carbonyl (C=O) groups excluding carboxylic acids is 2. The van der Waals surface area contributed by atoms with E-state index in [1.165, 1.54) is 34.6 Å². The Morgan fingerprint density at radius 1 is 1.13 bits per heavy atom. The topological polar surface area (TPSA) is 136 Å². The van der Waals surface area contributed by atoms with Crippen LogP contribution in [0.4, 0.5) is 11.4 Å². The number of esters is 1. The molecule has 0 aromatic heterocycles. The molecule has 0 saturated heterocycles. The molecule has 0 fully saturated rings. The maximum absolute atomic E-state index is 12.7. The van der Waals surface area contributed by atoms with Crippen molar-refractivity contribution in [2.75, 3.05) is 25.0 Å². The number of benzene rings is 2. The van der Waals surface area contributed by atoms with Crippen molar-refractivity contribution in [1.82, 2.24) is 4.31 Å². The molecule has 1 amide bonds. The van der Waals surface area contributed by atoms with E-state index in [0.717, 1.165) is 6.07 Å². The van der Waals surface area contributed by atoms with E-state index >= 15 is 0 Å². The number of hydrogen-bond acceptors (Lipinski definition) is 7. The molecule has 2 aromatic rings. The van der Waals surface area contributed by atoms with Gasteiger partial charge in [-0.2, -0.15) is 4.31 Å². The molecule has 10 nitrogen and oxygen atoms in total. The molecule has 2 rings (SSSR count). The molecule has 0 atom stereocenters. The number of nitro benzene ring substituents is 1. The smallest absolute Gasteiger partial charge is 0.345 e. The minimum atomic E-state index is -3.72. The van der Waals surface area contributed by atoms with Crippen LogP contribution in [-0.4, -0.2) is 49.2 Å². The molecule has 0 aliphatic heterocycles. The van der Waals surface area contributed by atoms with Gasteiger partial charge in [0, 0.05) is 24.8 Å². The molecule has 0 radical (unpaired) electrons. The molecule has 31 heavy (non-hydrogen) atoms. The van der Waals surface area contributed by atoms with Crippen LogP contribution >= 0.6 is 0 Å². The zero-order valence-corrected chi connectivity index (χ0v) is 18.1. The van der Waals surface area contributed by atoms with Crippen LogP contribution in [0, 0.1) is 17.0 Å². The predicted molar refractivity (Wildman–Crippen MR) is 113 cm³/mol. The van der Waals surface area contributed by atoms with Crippen molar-refractivity contribution < 1.29 is 27.7 Å². The first-order chi connectivity index (χ1) is 14.6. The van der Waals surface area contributed by atoms with Crippen molar-refractivity contribution in [3.05, 3.63) is 63.7 Å². The Morgan fingerprint density at radius 2 is 1.77 bits per heavy atom. The lowest BCUT2D eigenvalue weighted by molar-refractivity contribution is -0.385. The minimum absolute atomic E-state index is 0.0222. The van der Waals surface area contributed by atoms with Crippen LogP contribution in [0.5, 0.6) is 0 Å². The summed E-state index contributed by atoms with van der Waals surface area (Å²) in [6, 6.07) is 9.58. The van der Waals surface area contributed by atoms with Gasteiger partial charge in [0.05, 0.1) is 9.82 Å². The third-order valence-corrected chi connectivity index (χ3v) is 6.53. The lowest BCUT2D eigenvalue weighted by atomic mass is 10.2. The van der Waals surface area contributed by atoms with Crippen molar-refractivity contribution in [3.63, 3.8) is 0 Å². The molecule has 0 bridgehead atoms. The second-order valence-corrected chi connectivity index (χ2v) is 8.40. The summed E-state index contributed by atoms with van der Waals surface area (Å²) in [5, 5.41) is 13.5. The quantitative estimate of drug-likeness (QED) is 0.353. The third kappa shape index (κ3) is 5.64. The lowest BCUT2D eigenvalue weighted by Crippen LogP contribution is -2.30. The normalized spacial score (nSPS) is 11.2. The number of rotatable bonds is 9. The Labute approximate surface area is 180 Å². The zero-order chi connectivity index (χ0) is 23.2. The second kappa shape index (κ2) is 10.1. The number of aryl methyl sites for hydroxylation is 1. The Hall–Kier alpha value is -3.31. The molecule has 0 spiro atoms. The third-order valence-electron chi connectivity index (χ3n) is 4.48.